The molecule has 2 N–H and O–H groups in total. The number of carbonyl (C=O) groups excluding carboxylic acids is 2. The van der Waals surface area contributed by atoms with Crippen molar-refractivity contribution in [3.05, 3.63) is 0 Å². The average molecular weight is 375 g/mol. The van der Waals surface area contributed by atoms with Gasteiger partial charge in [-0.1, -0.05) is 12.8 Å². The highest BCUT2D eigenvalue weighted by atomic mass is 35.5. The highest BCUT2D eigenvalue weighted by molar-refractivity contribution is 6.31. The van der Waals surface area contributed by atoms with E-state index in [1.807, 2.05) is 20.8 Å². The van der Waals surface area contributed by atoms with Crippen LogP contribution in [0.3, 0.4) is 0 Å². The third-order valence-corrected chi connectivity index (χ3v) is 5.42. The van der Waals surface area contributed by atoms with Crippen LogP contribution in [-0.4, -0.2) is 58.2 Å². The fraction of sp³-hybridized carbons (Fsp3) is 0.889. The summed E-state index contributed by atoms with van der Waals surface area (Å²) in [6.07, 6.45) is 4.08. The molecule has 1 saturated carbocycles. The molecule has 2 rings (SSSR count). The maximum absolute atomic E-state index is 12.4. The van der Waals surface area contributed by atoms with Crippen molar-refractivity contribution in [3.63, 3.8) is 0 Å². The fourth-order valence-electron chi connectivity index (χ4n) is 3.49. The number of halogens is 1. The topological polar surface area (TPSA) is 78.9 Å². The summed E-state index contributed by atoms with van der Waals surface area (Å²) in [5.74, 6) is -0.374. The molecule has 2 aliphatic rings. The molecule has 0 aromatic heterocycles. The van der Waals surface area contributed by atoms with Crippen molar-refractivity contribution in [2.24, 2.45) is 5.92 Å². The van der Waals surface area contributed by atoms with Gasteiger partial charge in [-0.3, -0.25) is 4.79 Å². The number of hydrogen-bond acceptors (Lipinski definition) is 4. The lowest BCUT2D eigenvalue weighted by molar-refractivity contribution is -0.124. The SMILES string of the molecule is CC(C)(C)OC(=O)N1CCC(NC(=O)C(Cl)[C@H]2CCCC[C@@H]2O)CC1. The number of hydrogen-bond donors (Lipinski definition) is 2. The van der Waals surface area contributed by atoms with E-state index in [-0.39, 0.29) is 24.0 Å². The summed E-state index contributed by atoms with van der Waals surface area (Å²) in [7, 11) is 0. The zero-order valence-corrected chi connectivity index (χ0v) is 16.2. The van der Waals surface area contributed by atoms with Crippen LogP contribution in [-0.2, 0) is 9.53 Å². The zero-order valence-electron chi connectivity index (χ0n) is 15.5. The molecule has 0 radical (unpaired) electrons. The number of ether oxygens (including phenoxy) is 1. The fourth-order valence-corrected chi connectivity index (χ4v) is 3.85. The van der Waals surface area contributed by atoms with Gasteiger partial charge in [0, 0.05) is 25.0 Å². The van der Waals surface area contributed by atoms with E-state index in [2.05, 4.69) is 5.32 Å². The predicted octanol–water partition coefficient (Wildman–Crippen LogP) is 2.66. The Labute approximate surface area is 155 Å². The number of nitrogens with one attached hydrogen (secondary N) is 1. The Kier molecular flexibility index (Phi) is 6.97. The predicted molar refractivity (Wildman–Crippen MR) is 96.6 cm³/mol. The summed E-state index contributed by atoms with van der Waals surface area (Å²) in [6.45, 7) is 6.65. The van der Waals surface area contributed by atoms with E-state index in [1.165, 1.54) is 0 Å². The third-order valence-electron chi connectivity index (χ3n) is 4.90. The van der Waals surface area contributed by atoms with Gasteiger partial charge >= 0.3 is 6.09 Å². The molecule has 0 spiro atoms. The Morgan fingerprint density at radius 3 is 2.32 bits per heavy atom. The molecule has 0 aromatic rings. The second kappa shape index (κ2) is 8.58. The minimum absolute atomic E-state index is 0.00756. The molecule has 6 nitrogen and oxygen atoms in total. The Bertz CT molecular complexity index is 472. The Morgan fingerprint density at radius 2 is 1.76 bits per heavy atom. The average Bonchev–Trinajstić information content (AvgIpc) is 2.53. The molecule has 3 atom stereocenters. The van der Waals surface area contributed by atoms with Crippen molar-refractivity contribution in [1.82, 2.24) is 10.2 Å². The number of likely N-dealkylation sites (tertiary alicyclic amines) is 1. The van der Waals surface area contributed by atoms with Crippen molar-refractivity contribution in [2.75, 3.05) is 13.1 Å². The molecule has 1 unspecified atom stereocenters. The first-order chi connectivity index (χ1) is 11.7. The maximum Gasteiger partial charge on any atom is 0.410 e. The van der Waals surface area contributed by atoms with E-state index < -0.39 is 17.1 Å². The molecule has 144 valence electrons. The number of rotatable bonds is 3. The van der Waals surface area contributed by atoms with Gasteiger partial charge in [-0.25, -0.2) is 4.79 Å². The first-order valence-electron chi connectivity index (χ1n) is 9.28. The molecule has 0 aromatic carbocycles. The van der Waals surface area contributed by atoms with Crippen LogP contribution in [0.5, 0.6) is 0 Å². The van der Waals surface area contributed by atoms with Crippen LogP contribution in [0.25, 0.3) is 0 Å². The molecule has 2 amide bonds. The van der Waals surface area contributed by atoms with Gasteiger partial charge in [0.1, 0.15) is 11.0 Å². The molecule has 7 heteroatoms. The minimum atomic E-state index is -0.695. The molecular weight excluding hydrogens is 344 g/mol. The molecule has 0 bridgehead atoms. The first-order valence-corrected chi connectivity index (χ1v) is 9.71. The first kappa shape index (κ1) is 20.3. The van der Waals surface area contributed by atoms with Crippen molar-refractivity contribution in [1.29, 1.82) is 0 Å². The normalized spacial score (nSPS) is 26.8. The van der Waals surface area contributed by atoms with Gasteiger partial charge in [-0.2, -0.15) is 0 Å². The summed E-state index contributed by atoms with van der Waals surface area (Å²) in [4.78, 5) is 26.1. The van der Waals surface area contributed by atoms with Crippen LogP contribution < -0.4 is 5.32 Å². The number of amides is 2. The number of aliphatic hydroxyl groups excluding tert-OH is 1. The quantitative estimate of drug-likeness (QED) is 0.744. The van der Waals surface area contributed by atoms with Gasteiger partial charge in [0.25, 0.3) is 0 Å². The van der Waals surface area contributed by atoms with Gasteiger partial charge in [-0.15, -0.1) is 11.6 Å². The number of piperidine rings is 1. The van der Waals surface area contributed by atoms with Crippen molar-refractivity contribution in [2.45, 2.75) is 82.4 Å². The molecule has 2 fully saturated rings. The van der Waals surface area contributed by atoms with Crippen LogP contribution in [0.2, 0.25) is 0 Å². The van der Waals surface area contributed by atoms with Gasteiger partial charge in [-0.05, 0) is 46.5 Å². The van der Waals surface area contributed by atoms with Gasteiger partial charge in [0.05, 0.1) is 6.10 Å². The lowest BCUT2D eigenvalue weighted by Gasteiger charge is -2.35. The smallest absolute Gasteiger partial charge is 0.410 e. The zero-order chi connectivity index (χ0) is 18.6. The number of nitrogens with zero attached hydrogens (tertiary/aromatic N) is 1. The van der Waals surface area contributed by atoms with Crippen LogP contribution in [0.4, 0.5) is 4.79 Å². The van der Waals surface area contributed by atoms with E-state index in [0.29, 0.717) is 25.9 Å². The summed E-state index contributed by atoms with van der Waals surface area (Å²) in [5, 5.41) is 12.3. The maximum atomic E-state index is 12.4. The highest BCUT2D eigenvalue weighted by Crippen LogP contribution is 2.30. The number of alkyl halides is 1. The number of carbonyl (C=O) groups is 2. The Morgan fingerprint density at radius 1 is 1.16 bits per heavy atom. The summed E-state index contributed by atoms with van der Waals surface area (Å²) in [6, 6.07) is 0.00756. The lowest BCUT2D eigenvalue weighted by Crippen LogP contribution is -2.50. The summed E-state index contributed by atoms with van der Waals surface area (Å²) < 4.78 is 5.37. The van der Waals surface area contributed by atoms with Crippen LogP contribution in [0.15, 0.2) is 0 Å². The van der Waals surface area contributed by atoms with Crippen molar-refractivity contribution >= 4 is 23.6 Å². The number of aliphatic hydroxyl groups is 1. The highest BCUT2D eigenvalue weighted by Gasteiger charge is 2.35. The Balaban J connectivity index is 1.77. The second-order valence-electron chi connectivity index (χ2n) is 8.17. The van der Waals surface area contributed by atoms with Crippen molar-refractivity contribution < 1.29 is 19.4 Å². The van der Waals surface area contributed by atoms with E-state index in [4.69, 9.17) is 16.3 Å². The van der Waals surface area contributed by atoms with Crippen molar-refractivity contribution in [3.8, 4) is 0 Å². The summed E-state index contributed by atoms with van der Waals surface area (Å²) in [5.41, 5.74) is -0.505. The lowest BCUT2D eigenvalue weighted by atomic mass is 9.84. The largest absolute Gasteiger partial charge is 0.444 e. The summed E-state index contributed by atoms with van der Waals surface area (Å²) >= 11 is 6.32. The van der Waals surface area contributed by atoms with Crippen LogP contribution in [0.1, 0.15) is 59.3 Å². The second-order valence-corrected chi connectivity index (χ2v) is 8.64. The monoisotopic (exact) mass is 374 g/mol. The van der Waals surface area contributed by atoms with E-state index in [9.17, 15) is 14.7 Å². The molecule has 25 heavy (non-hydrogen) atoms. The van der Waals surface area contributed by atoms with E-state index in [1.54, 1.807) is 4.90 Å². The molecule has 1 aliphatic heterocycles. The third kappa shape index (κ3) is 6.03. The molecule has 1 aliphatic carbocycles. The Hall–Kier alpha value is -1.01. The standard InChI is InChI=1S/C18H31ClN2O4/c1-18(2,3)25-17(24)21-10-8-12(9-11-21)20-16(23)15(19)13-6-4-5-7-14(13)22/h12-15,22H,4-11H2,1-3H3,(H,20,23)/t13-,14-,15?/m0/s1. The molecule has 1 heterocycles. The van der Waals surface area contributed by atoms with E-state index in [0.717, 1.165) is 25.7 Å². The molecular formula is C18H31ClN2O4. The van der Waals surface area contributed by atoms with Gasteiger partial charge in [0.15, 0.2) is 0 Å². The van der Waals surface area contributed by atoms with Crippen LogP contribution >= 0.6 is 11.6 Å². The van der Waals surface area contributed by atoms with Gasteiger partial charge < -0.3 is 20.1 Å². The molecule has 1 saturated heterocycles. The van der Waals surface area contributed by atoms with E-state index >= 15 is 0 Å². The van der Waals surface area contributed by atoms with Crippen LogP contribution in [0, 0.1) is 5.92 Å². The minimum Gasteiger partial charge on any atom is -0.444 e. The van der Waals surface area contributed by atoms with Gasteiger partial charge in [0.2, 0.25) is 5.91 Å².